The van der Waals surface area contributed by atoms with E-state index in [0.717, 1.165) is 0 Å². The average Bonchev–Trinajstić information content (AvgIpc) is 2.43. The Balaban J connectivity index is 1.93. The van der Waals surface area contributed by atoms with E-state index in [1.54, 1.807) is 0 Å². The molecule has 0 atom stereocenters. The number of nitro benzene ring substituents is 1. The van der Waals surface area contributed by atoms with E-state index in [9.17, 15) is 19.5 Å². The standard InChI is InChI=1S/C12H18N5O4P/c1-12(2)7-13-22(21,14-8-12)16-11(18)15-9-3-5-10(6-4-9)17(19)20/h3-6H,7-8H2,1-2H3,(H4,13,14,15,16,18,21). The zero-order valence-electron chi connectivity index (χ0n) is 12.3. The van der Waals surface area contributed by atoms with Crippen molar-refractivity contribution in [1.29, 1.82) is 0 Å². The van der Waals surface area contributed by atoms with Gasteiger partial charge in [-0.1, -0.05) is 13.8 Å². The molecule has 1 aliphatic rings. The molecule has 22 heavy (non-hydrogen) atoms. The van der Waals surface area contributed by atoms with E-state index >= 15 is 0 Å². The Kier molecular flexibility index (Phi) is 4.50. The molecule has 0 unspecified atom stereocenters. The topological polar surface area (TPSA) is 125 Å². The number of rotatable bonds is 3. The first kappa shape index (κ1) is 16.4. The Hall–Kier alpha value is -1.96. The number of nitro groups is 1. The molecule has 0 saturated carbocycles. The fourth-order valence-corrected chi connectivity index (χ4v) is 3.73. The summed E-state index contributed by atoms with van der Waals surface area (Å²) in [5.41, 5.74) is 0.244. The summed E-state index contributed by atoms with van der Waals surface area (Å²) < 4.78 is 12.4. The molecule has 1 heterocycles. The lowest BCUT2D eigenvalue weighted by Crippen LogP contribution is -2.49. The maximum Gasteiger partial charge on any atom is 0.326 e. The summed E-state index contributed by atoms with van der Waals surface area (Å²) in [7, 11) is -3.18. The van der Waals surface area contributed by atoms with Crippen LogP contribution in [-0.4, -0.2) is 24.0 Å². The molecule has 0 aromatic heterocycles. The van der Waals surface area contributed by atoms with Gasteiger partial charge >= 0.3 is 13.6 Å². The number of carbonyl (C=O) groups is 1. The van der Waals surface area contributed by atoms with Gasteiger partial charge in [0, 0.05) is 30.9 Å². The van der Waals surface area contributed by atoms with Crippen molar-refractivity contribution in [2.75, 3.05) is 18.4 Å². The molecule has 1 saturated heterocycles. The molecule has 4 N–H and O–H groups in total. The molecule has 0 aliphatic carbocycles. The summed E-state index contributed by atoms with van der Waals surface area (Å²) in [5, 5.41) is 21.0. The van der Waals surface area contributed by atoms with E-state index in [0.29, 0.717) is 18.8 Å². The molecule has 0 bridgehead atoms. The second-order valence-electron chi connectivity index (χ2n) is 5.81. The van der Waals surface area contributed by atoms with Crippen LogP contribution in [0.4, 0.5) is 16.2 Å². The number of hydrogen-bond donors (Lipinski definition) is 4. The zero-order valence-corrected chi connectivity index (χ0v) is 13.1. The number of urea groups is 1. The molecule has 1 fully saturated rings. The van der Waals surface area contributed by atoms with Crippen LogP contribution in [0.3, 0.4) is 0 Å². The number of amides is 2. The lowest BCUT2D eigenvalue weighted by atomic mass is 9.94. The molecule has 1 aromatic rings. The largest absolute Gasteiger partial charge is 0.326 e. The SMILES string of the molecule is CC1(C)CNP(=O)(NC(=O)Nc2ccc([N+](=O)[O-])cc2)NC1. The molecule has 1 aliphatic heterocycles. The molecule has 120 valence electrons. The minimum Gasteiger partial charge on any atom is -0.308 e. The molecule has 10 heteroatoms. The van der Waals surface area contributed by atoms with Crippen LogP contribution in [0.5, 0.6) is 0 Å². The lowest BCUT2D eigenvalue weighted by molar-refractivity contribution is -0.384. The Morgan fingerprint density at radius 3 is 2.32 bits per heavy atom. The van der Waals surface area contributed by atoms with Gasteiger partial charge in [-0.05, 0) is 17.5 Å². The quantitative estimate of drug-likeness (QED) is 0.382. The highest BCUT2D eigenvalue weighted by Crippen LogP contribution is 2.37. The number of non-ortho nitro benzene ring substituents is 1. The third-order valence-electron chi connectivity index (χ3n) is 3.16. The molecular formula is C12H18N5O4P. The summed E-state index contributed by atoms with van der Waals surface area (Å²) in [4.78, 5) is 21.9. The maximum atomic E-state index is 12.4. The van der Waals surface area contributed by atoms with E-state index < -0.39 is 18.5 Å². The molecule has 2 rings (SSSR count). The van der Waals surface area contributed by atoms with E-state index in [1.807, 2.05) is 13.8 Å². The van der Waals surface area contributed by atoms with Crippen molar-refractivity contribution in [1.82, 2.24) is 15.3 Å². The Labute approximate surface area is 127 Å². The van der Waals surface area contributed by atoms with Crippen LogP contribution in [0, 0.1) is 15.5 Å². The smallest absolute Gasteiger partial charge is 0.308 e. The maximum absolute atomic E-state index is 12.4. The van der Waals surface area contributed by atoms with Crippen LogP contribution in [-0.2, 0) is 4.57 Å². The Bertz CT molecular complexity index is 617. The molecule has 0 radical (unpaired) electrons. The summed E-state index contributed by atoms with van der Waals surface area (Å²) >= 11 is 0. The number of hydrogen-bond acceptors (Lipinski definition) is 4. The van der Waals surface area contributed by atoms with Gasteiger partial charge < -0.3 is 5.32 Å². The summed E-state index contributed by atoms with van der Waals surface area (Å²) in [5.74, 6) is 0. The van der Waals surface area contributed by atoms with Gasteiger partial charge in [0.05, 0.1) is 4.92 Å². The molecule has 2 amide bonds. The molecular weight excluding hydrogens is 309 g/mol. The van der Waals surface area contributed by atoms with Gasteiger partial charge in [-0.25, -0.2) is 15.0 Å². The summed E-state index contributed by atoms with van der Waals surface area (Å²) in [6.07, 6.45) is 0. The van der Waals surface area contributed by atoms with E-state index in [4.69, 9.17) is 0 Å². The van der Waals surface area contributed by atoms with Gasteiger partial charge in [-0.2, -0.15) is 0 Å². The minimum absolute atomic E-state index is 0.0512. The van der Waals surface area contributed by atoms with E-state index in [1.165, 1.54) is 24.3 Å². The number of carbonyl (C=O) groups excluding carboxylic acids is 1. The highest BCUT2D eigenvalue weighted by molar-refractivity contribution is 7.58. The Morgan fingerprint density at radius 2 is 1.82 bits per heavy atom. The molecule has 9 nitrogen and oxygen atoms in total. The lowest BCUT2D eigenvalue weighted by Gasteiger charge is -2.35. The van der Waals surface area contributed by atoms with Gasteiger partial charge in [0.2, 0.25) is 0 Å². The van der Waals surface area contributed by atoms with Gasteiger partial charge in [0.15, 0.2) is 0 Å². The third kappa shape index (κ3) is 4.27. The van der Waals surface area contributed by atoms with Crippen LogP contribution < -0.4 is 20.6 Å². The van der Waals surface area contributed by atoms with Crippen LogP contribution in [0.1, 0.15) is 13.8 Å². The average molecular weight is 327 g/mol. The van der Waals surface area contributed by atoms with Crippen molar-refractivity contribution in [2.24, 2.45) is 5.41 Å². The first-order valence-electron chi connectivity index (χ1n) is 6.63. The second-order valence-corrected chi connectivity index (χ2v) is 7.89. The van der Waals surface area contributed by atoms with Gasteiger partial charge in [0.25, 0.3) is 5.69 Å². The monoisotopic (exact) mass is 327 g/mol. The van der Waals surface area contributed by atoms with E-state index in [2.05, 4.69) is 20.6 Å². The van der Waals surface area contributed by atoms with Crippen molar-refractivity contribution in [3.05, 3.63) is 34.4 Å². The zero-order chi connectivity index (χ0) is 16.4. The van der Waals surface area contributed by atoms with Crippen molar-refractivity contribution in [3.8, 4) is 0 Å². The number of benzene rings is 1. The van der Waals surface area contributed by atoms with Crippen LogP contribution >= 0.6 is 7.59 Å². The van der Waals surface area contributed by atoms with Crippen LogP contribution in [0.25, 0.3) is 0 Å². The molecule has 1 aromatic carbocycles. The number of nitrogens with one attached hydrogen (secondary N) is 4. The predicted octanol–water partition coefficient (Wildman–Crippen LogP) is 2.04. The van der Waals surface area contributed by atoms with Crippen molar-refractivity contribution >= 4 is 25.0 Å². The highest BCUT2D eigenvalue weighted by atomic mass is 31.2. The normalized spacial score (nSPS) is 19.2. The van der Waals surface area contributed by atoms with E-state index in [-0.39, 0.29) is 11.1 Å². The Morgan fingerprint density at radius 1 is 1.27 bits per heavy atom. The second kappa shape index (κ2) is 6.04. The number of anilines is 1. The van der Waals surface area contributed by atoms with Crippen molar-refractivity contribution in [2.45, 2.75) is 13.8 Å². The number of nitrogens with zero attached hydrogens (tertiary/aromatic N) is 1. The van der Waals surface area contributed by atoms with Gasteiger partial charge in [0.1, 0.15) is 0 Å². The van der Waals surface area contributed by atoms with Gasteiger partial charge in [-0.3, -0.25) is 19.8 Å². The predicted molar refractivity (Wildman–Crippen MR) is 82.6 cm³/mol. The van der Waals surface area contributed by atoms with Crippen LogP contribution in [0.2, 0.25) is 0 Å². The highest BCUT2D eigenvalue weighted by Gasteiger charge is 2.34. The van der Waals surface area contributed by atoms with Crippen molar-refractivity contribution < 1.29 is 14.3 Å². The fraction of sp³-hybridized carbons (Fsp3) is 0.417. The summed E-state index contributed by atoms with van der Waals surface area (Å²) in [6, 6.07) is 4.70. The molecule has 0 spiro atoms. The first-order chi connectivity index (χ1) is 10.2. The van der Waals surface area contributed by atoms with Crippen molar-refractivity contribution in [3.63, 3.8) is 0 Å². The first-order valence-corrected chi connectivity index (χ1v) is 8.34. The fourth-order valence-electron chi connectivity index (χ4n) is 1.82. The third-order valence-corrected chi connectivity index (χ3v) is 4.88. The van der Waals surface area contributed by atoms with Gasteiger partial charge in [-0.15, -0.1) is 0 Å². The van der Waals surface area contributed by atoms with Crippen LogP contribution in [0.15, 0.2) is 24.3 Å². The summed E-state index contributed by atoms with van der Waals surface area (Å²) in [6.45, 7) is 5.03. The minimum atomic E-state index is -3.18.